The molecule has 1 aliphatic heterocycles. The molecule has 1 aliphatic rings. The third-order valence-corrected chi connectivity index (χ3v) is 10.3. The highest BCUT2D eigenvalue weighted by molar-refractivity contribution is 7.92. The number of nitrogens with zero attached hydrogens (tertiary/aromatic N) is 3. The Hall–Kier alpha value is -6.34. The van der Waals surface area contributed by atoms with Crippen molar-refractivity contribution in [3.8, 4) is 29.6 Å². The van der Waals surface area contributed by atoms with Gasteiger partial charge in [-0.1, -0.05) is 51.0 Å². The number of hydrogen-bond donors (Lipinski definition) is 5. The normalized spacial score (nSPS) is 13.6. The number of hydrogen-bond acceptors (Lipinski definition) is 10. The summed E-state index contributed by atoms with van der Waals surface area (Å²) in [6.07, 6.45) is 8.42. The standard InChI is InChI=1S/C44H50N8O6S/c1-8-29-23-30(42(53)46-17-18-52-21-19-51(5)20-22-52)25-32(24-29)47-40-28-33(15-16-45-40)58-39-14-13-36(34-11-9-10-12-35(34)39)48-43(54)49-37-26-31(44(2,3)4)27-38(41(37)57-6)50-59(7,55)56/h1,9-16,23-28,50H,17-22H2,2-7H3,(H,45,47)(H,46,53)(H2,48,49,54). The number of rotatable bonds is 13. The van der Waals surface area contributed by atoms with Gasteiger partial charge >= 0.3 is 6.03 Å². The van der Waals surface area contributed by atoms with Crippen LogP contribution in [-0.2, 0) is 15.4 Å². The average molecular weight is 819 g/mol. The summed E-state index contributed by atoms with van der Waals surface area (Å²) in [4.78, 5) is 35.8. The fourth-order valence-electron chi connectivity index (χ4n) is 6.63. The lowest BCUT2D eigenvalue weighted by molar-refractivity contribution is 0.0941. The van der Waals surface area contributed by atoms with E-state index in [0.717, 1.165) is 49.9 Å². The molecular formula is C44H50N8O6S. The Labute approximate surface area is 345 Å². The number of carbonyl (C=O) groups is 2. The van der Waals surface area contributed by atoms with Crippen LogP contribution in [0.1, 0.15) is 42.3 Å². The number of benzene rings is 4. The van der Waals surface area contributed by atoms with Crippen LogP contribution in [0.4, 0.5) is 33.4 Å². The molecule has 0 aliphatic carbocycles. The van der Waals surface area contributed by atoms with Crippen molar-refractivity contribution in [2.75, 3.05) is 80.4 Å². The van der Waals surface area contributed by atoms with Crippen molar-refractivity contribution in [2.45, 2.75) is 26.2 Å². The van der Waals surface area contributed by atoms with E-state index < -0.39 is 16.1 Å². The zero-order valence-corrected chi connectivity index (χ0v) is 34.9. The number of anilines is 5. The second-order valence-electron chi connectivity index (χ2n) is 15.4. The maximum atomic E-state index is 13.5. The number of likely N-dealkylation sites (N-methyl/N-ethyl adjacent to an activating group) is 1. The fraction of sp³-hybridized carbons (Fsp3) is 0.295. The first-order valence-electron chi connectivity index (χ1n) is 19.1. The molecule has 0 radical (unpaired) electrons. The maximum Gasteiger partial charge on any atom is 0.323 e. The molecule has 0 bridgehead atoms. The number of fused-ring (bicyclic) bond motifs is 1. The van der Waals surface area contributed by atoms with Crippen molar-refractivity contribution >= 4 is 61.3 Å². The van der Waals surface area contributed by atoms with Crippen molar-refractivity contribution in [1.29, 1.82) is 0 Å². The van der Waals surface area contributed by atoms with E-state index in [2.05, 4.69) is 53.7 Å². The van der Waals surface area contributed by atoms with E-state index in [-0.39, 0.29) is 28.4 Å². The summed E-state index contributed by atoms with van der Waals surface area (Å²) < 4.78 is 38.8. The minimum Gasteiger partial charge on any atom is -0.492 e. The van der Waals surface area contributed by atoms with E-state index in [1.54, 1.807) is 60.8 Å². The monoisotopic (exact) mass is 818 g/mol. The van der Waals surface area contributed by atoms with Gasteiger partial charge in [-0.25, -0.2) is 18.2 Å². The molecule has 14 nitrogen and oxygen atoms in total. The number of methoxy groups -OCH3 is 1. The first-order chi connectivity index (χ1) is 28.1. The van der Waals surface area contributed by atoms with Crippen LogP contribution >= 0.6 is 0 Å². The van der Waals surface area contributed by atoms with E-state index in [1.165, 1.54) is 7.11 Å². The summed E-state index contributed by atoms with van der Waals surface area (Å²) in [6.45, 7) is 11.2. The predicted octanol–water partition coefficient (Wildman–Crippen LogP) is 7.05. The third kappa shape index (κ3) is 11.2. The summed E-state index contributed by atoms with van der Waals surface area (Å²) in [5.74, 6) is 4.09. The molecule has 3 amide bonds. The Bertz CT molecular complexity index is 2510. The SMILES string of the molecule is C#Cc1cc(Nc2cc(Oc3ccc(NC(=O)Nc4cc(C(C)(C)C)cc(NS(C)(=O)=O)c4OC)c4ccccc34)ccn2)cc(C(=O)NCCN2CCN(C)CC2)c1. The van der Waals surface area contributed by atoms with Gasteiger partial charge in [-0.2, -0.15) is 0 Å². The Morgan fingerprint density at radius 1 is 0.898 bits per heavy atom. The number of urea groups is 1. The Kier molecular flexibility index (Phi) is 12.9. The molecule has 4 aromatic carbocycles. The van der Waals surface area contributed by atoms with Crippen LogP contribution in [-0.4, -0.2) is 94.8 Å². The van der Waals surface area contributed by atoms with Gasteiger partial charge in [0.2, 0.25) is 10.0 Å². The maximum absolute atomic E-state index is 13.5. The molecule has 1 fully saturated rings. The molecule has 0 unspecified atom stereocenters. The number of sulfonamides is 1. The third-order valence-electron chi connectivity index (χ3n) is 9.74. The molecule has 0 saturated carbocycles. The topological polar surface area (TPSA) is 166 Å². The van der Waals surface area contributed by atoms with Crippen LogP contribution in [0, 0.1) is 12.3 Å². The Balaban J connectivity index is 1.16. The largest absolute Gasteiger partial charge is 0.492 e. The highest BCUT2D eigenvalue weighted by Crippen LogP contribution is 2.40. The first kappa shape index (κ1) is 42.3. The number of ether oxygens (including phenoxy) is 2. The number of piperazine rings is 1. The minimum absolute atomic E-state index is 0.167. The summed E-state index contributed by atoms with van der Waals surface area (Å²) in [7, 11) is -0.129. The molecular weight excluding hydrogens is 769 g/mol. The van der Waals surface area contributed by atoms with Gasteiger partial charge in [0.25, 0.3) is 5.91 Å². The van der Waals surface area contributed by atoms with Crippen LogP contribution in [0.2, 0.25) is 0 Å². The van der Waals surface area contributed by atoms with Gasteiger partial charge in [0.1, 0.15) is 17.3 Å². The zero-order valence-electron chi connectivity index (χ0n) is 34.1. The Morgan fingerprint density at radius 3 is 2.31 bits per heavy atom. The quantitative estimate of drug-likeness (QED) is 0.0778. The van der Waals surface area contributed by atoms with Crippen molar-refractivity contribution in [3.63, 3.8) is 0 Å². The molecule has 6 rings (SSSR count). The molecule has 0 spiro atoms. The van der Waals surface area contributed by atoms with E-state index in [4.69, 9.17) is 15.9 Å². The summed E-state index contributed by atoms with van der Waals surface area (Å²) in [5.41, 5.74) is 3.00. The molecule has 1 aromatic heterocycles. The molecule has 2 heterocycles. The van der Waals surface area contributed by atoms with Gasteiger partial charge in [0.05, 0.1) is 30.4 Å². The van der Waals surface area contributed by atoms with Crippen molar-refractivity contribution in [1.82, 2.24) is 20.1 Å². The number of terminal acetylenes is 1. The second-order valence-corrected chi connectivity index (χ2v) is 17.2. The van der Waals surface area contributed by atoms with Crippen LogP contribution in [0.5, 0.6) is 17.2 Å². The van der Waals surface area contributed by atoms with Gasteiger partial charge in [0.15, 0.2) is 5.75 Å². The van der Waals surface area contributed by atoms with E-state index in [9.17, 15) is 18.0 Å². The zero-order chi connectivity index (χ0) is 42.3. The minimum atomic E-state index is -3.65. The number of pyridine rings is 1. The van der Waals surface area contributed by atoms with Gasteiger partial charge in [-0.05, 0) is 66.6 Å². The van der Waals surface area contributed by atoms with Crippen molar-refractivity contribution < 1.29 is 27.5 Å². The molecule has 5 N–H and O–H groups in total. The van der Waals surface area contributed by atoms with E-state index in [1.807, 2.05) is 45.0 Å². The number of nitrogens with one attached hydrogen (secondary N) is 5. The second kappa shape index (κ2) is 18.1. The number of carbonyl (C=O) groups excluding carboxylic acids is 2. The smallest absolute Gasteiger partial charge is 0.323 e. The van der Waals surface area contributed by atoms with Gasteiger partial charge in [0, 0.05) is 79.1 Å². The lowest BCUT2D eigenvalue weighted by atomic mass is 9.86. The average Bonchev–Trinajstić information content (AvgIpc) is 3.18. The molecule has 59 heavy (non-hydrogen) atoms. The van der Waals surface area contributed by atoms with Crippen LogP contribution in [0.3, 0.4) is 0 Å². The van der Waals surface area contributed by atoms with Crippen LogP contribution in [0.15, 0.2) is 85.1 Å². The predicted molar refractivity (Wildman–Crippen MR) is 235 cm³/mol. The lowest BCUT2D eigenvalue weighted by Crippen LogP contribution is -2.46. The molecule has 1 saturated heterocycles. The highest BCUT2D eigenvalue weighted by atomic mass is 32.2. The van der Waals surface area contributed by atoms with Crippen molar-refractivity contribution in [3.05, 3.63) is 102 Å². The molecule has 15 heteroatoms. The van der Waals surface area contributed by atoms with Gasteiger partial charge < -0.3 is 35.6 Å². The van der Waals surface area contributed by atoms with Gasteiger partial charge in [-0.15, -0.1) is 6.42 Å². The van der Waals surface area contributed by atoms with Crippen LogP contribution in [0.25, 0.3) is 10.8 Å². The lowest BCUT2D eigenvalue weighted by Gasteiger charge is -2.32. The number of aromatic nitrogens is 1. The van der Waals surface area contributed by atoms with E-state index >= 15 is 0 Å². The highest BCUT2D eigenvalue weighted by Gasteiger charge is 2.23. The molecule has 0 atom stereocenters. The summed E-state index contributed by atoms with van der Waals surface area (Å²) in [6, 6.07) is 22.5. The fourth-order valence-corrected chi connectivity index (χ4v) is 7.18. The van der Waals surface area contributed by atoms with E-state index in [0.29, 0.717) is 51.7 Å². The van der Waals surface area contributed by atoms with Gasteiger partial charge in [-0.3, -0.25) is 14.4 Å². The Morgan fingerprint density at radius 2 is 1.61 bits per heavy atom. The molecule has 5 aromatic rings. The summed E-state index contributed by atoms with van der Waals surface area (Å²) >= 11 is 0. The van der Waals surface area contributed by atoms with Crippen LogP contribution < -0.4 is 35.5 Å². The molecule has 308 valence electrons. The van der Waals surface area contributed by atoms with Crippen molar-refractivity contribution in [2.24, 2.45) is 0 Å². The summed E-state index contributed by atoms with van der Waals surface area (Å²) in [5, 5.41) is 13.5. The first-order valence-corrected chi connectivity index (χ1v) is 21.0. The number of amides is 3.